The summed E-state index contributed by atoms with van der Waals surface area (Å²) < 4.78 is 5.41. The van der Waals surface area contributed by atoms with E-state index in [1.54, 1.807) is 13.8 Å². The number of rotatable bonds is 4. The van der Waals surface area contributed by atoms with Crippen molar-refractivity contribution < 1.29 is 24.0 Å². The number of hydrogen-bond acceptors (Lipinski definition) is 7. The summed E-state index contributed by atoms with van der Waals surface area (Å²) in [5, 5.41) is 13.4. The van der Waals surface area contributed by atoms with E-state index in [0.717, 1.165) is 26.9 Å². The minimum Gasteiger partial charge on any atom is -0.464 e. The van der Waals surface area contributed by atoms with E-state index >= 15 is 0 Å². The zero-order valence-electron chi connectivity index (χ0n) is 20.2. The molecule has 0 aromatic heterocycles. The minimum atomic E-state index is -1.01. The summed E-state index contributed by atoms with van der Waals surface area (Å²) in [7, 11) is 0. The Balaban J connectivity index is 1.50. The van der Waals surface area contributed by atoms with Gasteiger partial charge in [0.1, 0.15) is 6.04 Å². The van der Waals surface area contributed by atoms with Crippen LogP contribution in [0, 0.1) is 28.9 Å². The van der Waals surface area contributed by atoms with Crippen molar-refractivity contribution in [3.05, 3.63) is 81.9 Å². The average molecular weight is 498 g/mol. The highest BCUT2D eigenvalue weighted by molar-refractivity contribution is 6.25. The van der Waals surface area contributed by atoms with Crippen molar-refractivity contribution >= 4 is 51.7 Å². The number of carbonyl (C=O) groups is 3. The molecule has 3 aliphatic heterocycles. The fourth-order valence-corrected chi connectivity index (χ4v) is 6.01. The molecule has 9 nitrogen and oxygen atoms in total. The molecule has 0 bridgehead atoms. The lowest BCUT2D eigenvalue weighted by atomic mass is 9.88. The summed E-state index contributed by atoms with van der Waals surface area (Å²) in [6.45, 7) is 3.51. The van der Waals surface area contributed by atoms with Gasteiger partial charge in [0.2, 0.25) is 11.8 Å². The first-order valence-corrected chi connectivity index (χ1v) is 12.1. The lowest BCUT2D eigenvalue weighted by Crippen LogP contribution is -2.49. The number of benzene rings is 3. The number of hydrogen-bond donors (Lipinski definition) is 0. The van der Waals surface area contributed by atoms with Gasteiger partial charge in [-0.3, -0.25) is 19.7 Å². The number of ether oxygens (including phenoxy) is 1. The molecule has 9 heteroatoms. The molecule has 0 aliphatic carbocycles. The summed E-state index contributed by atoms with van der Waals surface area (Å²) in [4.78, 5) is 54.8. The fourth-order valence-electron chi connectivity index (χ4n) is 6.01. The second kappa shape index (κ2) is 8.26. The van der Waals surface area contributed by atoms with Gasteiger partial charge < -0.3 is 9.64 Å². The van der Waals surface area contributed by atoms with E-state index in [1.165, 1.54) is 18.2 Å². The first kappa shape index (κ1) is 22.9. The van der Waals surface area contributed by atoms with E-state index in [1.807, 2.05) is 53.5 Å². The quantitative estimate of drug-likeness (QED) is 0.232. The molecular weight excluding hydrogens is 474 g/mol. The third-order valence-corrected chi connectivity index (χ3v) is 7.59. The van der Waals surface area contributed by atoms with Gasteiger partial charge in [0.15, 0.2) is 0 Å². The fraction of sp³-hybridized carbons (Fsp3) is 0.250. The third-order valence-electron chi connectivity index (χ3n) is 7.59. The summed E-state index contributed by atoms with van der Waals surface area (Å²) >= 11 is 0. The number of aryl methyl sites for hydroxylation is 1. The Kier molecular flexibility index (Phi) is 5.11. The number of nitrogens with zero attached hydrogens (tertiary/aromatic N) is 3. The maximum atomic E-state index is 13.9. The van der Waals surface area contributed by atoms with E-state index in [-0.39, 0.29) is 18.0 Å². The van der Waals surface area contributed by atoms with Crippen molar-refractivity contribution in [1.29, 1.82) is 0 Å². The molecule has 3 aromatic rings. The number of anilines is 2. The molecule has 3 heterocycles. The highest BCUT2D eigenvalue weighted by atomic mass is 16.6. The zero-order chi connectivity index (χ0) is 26.0. The highest BCUT2D eigenvalue weighted by Crippen LogP contribution is 2.50. The number of fused-ring (bicyclic) bond motifs is 7. The number of carbonyl (C=O) groups excluding carboxylic acids is 3. The molecule has 0 unspecified atom stereocenters. The molecule has 0 N–H and O–H groups in total. The normalized spacial score (nSPS) is 23.7. The van der Waals surface area contributed by atoms with Crippen LogP contribution in [0.2, 0.25) is 0 Å². The highest BCUT2D eigenvalue weighted by Gasteiger charge is 2.65. The van der Waals surface area contributed by atoms with Crippen LogP contribution in [-0.2, 0) is 19.1 Å². The van der Waals surface area contributed by atoms with Gasteiger partial charge >= 0.3 is 5.97 Å². The minimum absolute atomic E-state index is 0.126. The molecule has 3 aliphatic rings. The van der Waals surface area contributed by atoms with Crippen LogP contribution in [0.1, 0.15) is 18.1 Å². The molecule has 0 radical (unpaired) electrons. The Morgan fingerprint density at radius 2 is 1.78 bits per heavy atom. The molecule has 37 heavy (non-hydrogen) atoms. The summed E-state index contributed by atoms with van der Waals surface area (Å²) in [5.74, 6) is -3.43. The average Bonchev–Trinajstić information content (AvgIpc) is 3.37. The number of esters is 1. The topological polar surface area (TPSA) is 110 Å². The van der Waals surface area contributed by atoms with Crippen molar-refractivity contribution in [2.24, 2.45) is 11.8 Å². The first-order valence-electron chi connectivity index (χ1n) is 12.1. The molecule has 6 rings (SSSR count). The first-order chi connectivity index (χ1) is 17.8. The van der Waals surface area contributed by atoms with Crippen LogP contribution in [0.15, 0.2) is 60.7 Å². The van der Waals surface area contributed by atoms with E-state index in [0.29, 0.717) is 5.56 Å². The van der Waals surface area contributed by atoms with Crippen LogP contribution in [0.3, 0.4) is 0 Å². The van der Waals surface area contributed by atoms with Gasteiger partial charge in [0, 0.05) is 23.4 Å². The van der Waals surface area contributed by atoms with E-state index in [4.69, 9.17) is 4.74 Å². The number of amides is 2. The number of nitro benzene ring substituents is 1. The molecule has 2 fully saturated rings. The van der Waals surface area contributed by atoms with Crippen molar-refractivity contribution in [3.63, 3.8) is 0 Å². The van der Waals surface area contributed by atoms with E-state index in [9.17, 15) is 24.5 Å². The summed E-state index contributed by atoms with van der Waals surface area (Å²) in [6.07, 6.45) is 3.82. The molecule has 186 valence electrons. The van der Waals surface area contributed by atoms with Crippen LogP contribution in [0.25, 0.3) is 16.8 Å². The molecule has 3 aromatic carbocycles. The van der Waals surface area contributed by atoms with Gasteiger partial charge in [-0.15, -0.1) is 0 Å². The van der Waals surface area contributed by atoms with Crippen molar-refractivity contribution in [1.82, 2.24) is 0 Å². The van der Waals surface area contributed by atoms with Crippen molar-refractivity contribution in [3.8, 4) is 0 Å². The number of non-ortho nitro benzene ring substituents is 1. The SMILES string of the molecule is CCOC(=O)[C@@H]1[C@@H]2C(=O)N(c3cc([N+](=O)[O-])ccc3C)C(=O)[C@@H]2[C@@H]2C=Cc3c(ccc4ccccc34)N12. The van der Waals surface area contributed by atoms with E-state index in [2.05, 4.69) is 0 Å². The Labute approximate surface area is 212 Å². The van der Waals surface area contributed by atoms with Crippen LogP contribution in [0.5, 0.6) is 0 Å². The van der Waals surface area contributed by atoms with Crippen molar-refractivity contribution in [2.45, 2.75) is 25.9 Å². The van der Waals surface area contributed by atoms with Gasteiger partial charge in [-0.25, -0.2) is 9.69 Å². The molecule has 0 spiro atoms. The lowest BCUT2D eigenvalue weighted by Gasteiger charge is -2.36. The monoisotopic (exact) mass is 497 g/mol. The Hall–Kier alpha value is -4.53. The Morgan fingerprint density at radius 3 is 2.54 bits per heavy atom. The second-order valence-electron chi connectivity index (χ2n) is 9.46. The molecule has 4 atom stereocenters. The van der Waals surface area contributed by atoms with E-state index < -0.39 is 46.6 Å². The summed E-state index contributed by atoms with van der Waals surface area (Å²) in [6, 6.07) is 14.3. The maximum absolute atomic E-state index is 13.9. The number of nitro groups is 1. The predicted octanol–water partition coefficient (Wildman–Crippen LogP) is 4.01. The largest absolute Gasteiger partial charge is 0.464 e. The smallest absolute Gasteiger partial charge is 0.329 e. The number of imide groups is 1. The molecule has 2 amide bonds. The van der Waals surface area contributed by atoms with Crippen LogP contribution in [0.4, 0.5) is 17.1 Å². The predicted molar refractivity (Wildman–Crippen MR) is 137 cm³/mol. The van der Waals surface area contributed by atoms with Gasteiger partial charge in [0.25, 0.3) is 5.69 Å². The van der Waals surface area contributed by atoms with Crippen LogP contribution in [-0.4, -0.2) is 41.4 Å². The zero-order valence-corrected chi connectivity index (χ0v) is 20.2. The Morgan fingerprint density at radius 1 is 1.03 bits per heavy atom. The van der Waals surface area contributed by atoms with Gasteiger partial charge in [0.05, 0.1) is 35.1 Å². The molecular formula is C28H23N3O6. The van der Waals surface area contributed by atoms with Gasteiger partial charge in [-0.2, -0.15) is 0 Å². The summed E-state index contributed by atoms with van der Waals surface area (Å²) in [5.41, 5.74) is 2.17. The second-order valence-corrected chi connectivity index (χ2v) is 9.46. The third kappa shape index (κ3) is 3.20. The van der Waals surface area contributed by atoms with Crippen LogP contribution < -0.4 is 9.80 Å². The van der Waals surface area contributed by atoms with Crippen molar-refractivity contribution in [2.75, 3.05) is 16.4 Å². The van der Waals surface area contributed by atoms with Crippen LogP contribution >= 0.6 is 0 Å². The van der Waals surface area contributed by atoms with Gasteiger partial charge in [-0.1, -0.05) is 48.6 Å². The van der Waals surface area contributed by atoms with Gasteiger partial charge in [-0.05, 0) is 36.2 Å². The Bertz CT molecular complexity index is 1550. The standard InChI is InChI=1S/C28H23N3O6/c1-3-37-28(34)25-24-23(26(32)30(27(24)33)22-14-17(31(35)36)10-8-15(22)2)21-13-11-19-18-7-5-4-6-16(18)9-12-20(19)29(21)25/h4-14,21,23-25H,3H2,1-2H3/t21-,23+,24+,25-/m0/s1. The molecule has 0 saturated carbocycles. The molecule has 2 saturated heterocycles. The maximum Gasteiger partial charge on any atom is 0.329 e. The lowest BCUT2D eigenvalue weighted by molar-refractivity contribution is -0.384.